The van der Waals surface area contributed by atoms with Crippen molar-refractivity contribution in [2.45, 2.75) is 46.0 Å². The van der Waals surface area contributed by atoms with Crippen molar-refractivity contribution in [2.75, 3.05) is 4.90 Å². The van der Waals surface area contributed by atoms with Gasteiger partial charge in [0.15, 0.2) is 11.5 Å². The Bertz CT molecular complexity index is 1540. The van der Waals surface area contributed by atoms with Crippen LogP contribution in [0.4, 0.5) is 17.1 Å². The highest BCUT2D eigenvalue weighted by molar-refractivity contribution is 5.91. The van der Waals surface area contributed by atoms with E-state index >= 15 is 0 Å². The normalized spacial score (nSPS) is 12.8. The van der Waals surface area contributed by atoms with Crippen LogP contribution in [0.25, 0.3) is 22.3 Å². The van der Waals surface area contributed by atoms with Gasteiger partial charge in [0.25, 0.3) is 0 Å². The highest BCUT2D eigenvalue weighted by atomic mass is 16.5. The van der Waals surface area contributed by atoms with Gasteiger partial charge in [-0.2, -0.15) is 0 Å². The molecule has 194 valence electrons. The van der Waals surface area contributed by atoms with E-state index in [4.69, 9.17) is 4.74 Å². The molecule has 0 saturated carbocycles. The first-order chi connectivity index (χ1) is 19.2. The van der Waals surface area contributed by atoms with Gasteiger partial charge in [-0.25, -0.2) is 0 Å². The quantitative estimate of drug-likeness (QED) is 0.212. The van der Waals surface area contributed by atoms with E-state index in [1.165, 1.54) is 33.4 Å². The van der Waals surface area contributed by atoms with E-state index in [1.54, 1.807) is 0 Å². The number of anilines is 3. The first-order valence-electron chi connectivity index (χ1n) is 14.2. The van der Waals surface area contributed by atoms with Gasteiger partial charge in [-0.05, 0) is 88.5 Å². The highest BCUT2D eigenvalue weighted by Crippen LogP contribution is 2.51. The molecule has 5 aromatic carbocycles. The van der Waals surface area contributed by atoms with Gasteiger partial charge in [0.2, 0.25) is 0 Å². The van der Waals surface area contributed by atoms with Crippen molar-refractivity contribution in [3.63, 3.8) is 0 Å². The lowest BCUT2D eigenvalue weighted by atomic mass is 9.91. The van der Waals surface area contributed by atoms with E-state index in [1.807, 2.05) is 24.3 Å². The zero-order valence-electron chi connectivity index (χ0n) is 23.0. The lowest BCUT2D eigenvalue weighted by Crippen LogP contribution is -2.15. The second-order valence-corrected chi connectivity index (χ2v) is 10.5. The number of nitrogens with zero attached hydrogens (tertiary/aromatic N) is 1. The predicted molar refractivity (Wildman–Crippen MR) is 165 cm³/mol. The van der Waals surface area contributed by atoms with E-state index in [9.17, 15) is 0 Å². The van der Waals surface area contributed by atoms with Crippen LogP contribution in [0.5, 0.6) is 11.5 Å². The average molecular weight is 510 g/mol. The van der Waals surface area contributed by atoms with Crippen LogP contribution >= 0.6 is 0 Å². The SMILES string of the molecule is CCCc1ccc(-c2cc(N3c4ccccc4Oc4ccccc43)ccc2-c2ccc(C(C)CC)cc2)cc1. The van der Waals surface area contributed by atoms with Crippen molar-refractivity contribution in [1.29, 1.82) is 0 Å². The molecule has 6 rings (SSSR count). The molecular weight excluding hydrogens is 474 g/mol. The molecule has 0 spiro atoms. The topological polar surface area (TPSA) is 12.5 Å². The van der Waals surface area contributed by atoms with Crippen LogP contribution in [0.3, 0.4) is 0 Å². The minimum Gasteiger partial charge on any atom is -0.453 e. The maximum atomic E-state index is 6.27. The van der Waals surface area contributed by atoms with Gasteiger partial charge in [0.05, 0.1) is 11.4 Å². The van der Waals surface area contributed by atoms with E-state index in [0.29, 0.717) is 5.92 Å². The van der Waals surface area contributed by atoms with Crippen LogP contribution in [0.2, 0.25) is 0 Å². The summed E-state index contributed by atoms with van der Waals surface area (Å²) >= 11 is 0. The zero-order valence-corrected chi connectivity index (χ0v) is 23.0. The summed E-state index contributed by atoms with van der Waals surface area (Å²) in [5.41, 5.74) is 10.9. The largest absolute Gasteiger partial charge is 0.453 e. The van der Waals surface area contributed by atoms with Crippen LogP contribution in [0.15, 0.2) is 115 Å². The van der Waals surface area contributed by atoms with Gasteiger partial charge in [0, 0.05) is 5.69 Å². The highest BCUT2D eigenvalue weighted by Gasteiger charge is 2.26. The number of hydrogen-bond acceptors (Lipinski definition) is 2. The summed E-state index contributed by atoms with van der Waals surface area (Å²) in [5, 5.41) is 0. The summed E-state index contributed by atoms with van der Waals surface area (Å²) in [6, 6.07) is 41.7. The third kappa shape index (κ3) is 4.83. The van der Waals surface area contributed by atoms with Crippen LogP contribution in [-0.4, -0.2) is 0 Å². The molecule has 0 aromatic heterocycles. The number of rotatable bonds is 7. The van der Waals surface area contributed by atoms with Gasteiger partial charge in [-0.15, -0.1) is 0 Å². The number of para-hydroxylation sites is 4. The second kappa shape index (κ2) is 10.8. The average Bonchev–Trinajstić information content (AvgIpc) is 3.00. The summed E-state index contributed by atoms with van der Waals surface area (Å²) in [4.78, 5) is 2.32. The molecule has 1 aliphatic heterocycles. The van der Waals surface area contributed by atoms with Crippen molar-refractivity contribution >= 4 is 17.1 Å². The summed E-state index contributed by atoms with van der Waals surface area (Å²) in [7, 11) is 0. The van der Waals surface area contributed by atoms with E-state index in [-0.39, 0.29) is 0 Å². The summed E-state index contributed by atoms with van der Waals surface area (Å²) in [6.07, 6.45) is 3.40. The van der Waals surface area contributed by atoms with Crippen LogP contribution in [0.1, 0.15) is 50.7 Å². The minimum atomic E-state index is 0.563. The molecule has 0 radical (unpaired) electrons. The van der Waals surface area contributed by atoms with Crippen molar-refractivity contribution in [1.82, 2.24) is 0 Å². The van der Waals surface area contributed by atoms with Gasteiger partial charge >= 0.3 is 0 Å². The van der Waals surface area contributed by atoms with Crippen molar-refractivity contribution in [3.8, 4) is 33.8 Å². The molecular formula is C37H35NO. The molecule has 1 unspecified atom stereocenters. The van der Waals surface area contributed by atoms with E-state index in [0.717, 1.165) is 47.8 Å². The maximum Gasteiger partial charge on any atom is 0.151 e. The van der Waals surface area contributed by atoms with Gasteiger partial charge in [-0.3, -0.25) is 0 Å². The predicted octanol–water partition coefficient (Wildman–Crippen LogP) is 11.1. The summed E-state index contributed by atoms with van der Waals surface area (Å²) < 4.78 is 6.27. The van der Waals surface area contributed by atoms with Gasteiger partial charge in [0.1, 0.15) is 0 Å². The Labute approximate surface area is 232 Å². The first kappa shape index (κ1) is 25.0. The maximum absolute atomic E-state index is 6.27. The van der Waals surface area contributed by atoms with Crippen LogP contribution < -0.4 is 9.64 Å². The minimum absolute atomic E-state index is 0.563. The fraction of sp³-hybridized carbons (Fsp3) is 0.189. The fourth-order valence-electron chi connectivity index (χ4n) is 5.51. The third-order valence-electron chi connectivity index (χ3n) is 7.90. The first-order valence-corrected chi connectivity index (χ1v) is 14.2. The standard InChI is InChI=1S/C37H35NO/c1-4-10-27-15-17-30(18-16-27)33-25-31(23-24-32(33)29-21-19-28(20-22-29)26(3)5-2)38-34-11-6-8-13-36(34)39-37-14-9-7-12-35(37)38/h6-9,11-26H,4-5,10H2,1-3H3. The molecule has 0 amide bonds. The van der Waals surface area contributed by atoms with E-state index in [2.05, 4.69) is 117 Å². The van der Waals surface area contributed by atoms with Crippen molar-refractivity contribution in [2.24, 2.45) is 0 Å². The Morgan fingerprint density at radius 3 is 1.85 bits per heavy atom. The summed E-state index contributed by atoms with van der Waals surface area (Å²) in [5.74, 6) is 2.30. The zero-order chi connectivity index (χ0) is 26.8. The number of hydrogen-bond donors (Lipinski definition) is 0. The molecule has 0 saturated heterocycles. The Morgan fingerprint density at radius 2 is 1.23 bits per heavy atom. The smallest absolute Gasteiger partial charge is 0.151 e. The Balaban J connectivity index is 1.51. The van der Waals surface area contributed by atoms with Gasteiger partial charge in [-0.1, -0.05) is 106 Å². The van der Waals surface area contributed by atoms with E-state index < -0.39 is 0 Å². The lowest BCUT2D eigenvalue weighted by Gasteiger charge is -2.33. The molecule has 1 aliphatic rings. The van der Waals surface area contributed by atoms with Crippen molar-refractivity contribution in [3.05, 3.63) is 126 Å². The Morgan fingerprint density at radius 1 is 0.641 bits per heavy atom. The number of fused-ring (bicyclic) bond motifs is 2. The third-order valence-corrected chi connectivity index (χ3v) is 7.90. The molecule has 0 aliphatic carbocycles. The molecule has 0 N–H and O–H groups in total. The number of aryl methyl sites for hydroxylation is 1. The Hall–Kier alpha value is -4.30. The Kier molecular flexibility index (Phi) is 6.94. The monoisotopic (exact) mass is 509 g/mol. The number of benzene rings is 5. The molecule has 1 atom stereocenters. The molecule has 39 heavy (non-hydrogen) atoms. The fourth-order valence-corrected chi connectivity index (χ4v) is 5.51. The molecule has 2 heteroatoms. The molecule has 2 nitrogen and oxygen atoms in total. The molecule has 5 aromatic rings. The second-order valence-electron chi connectivity index (χ2n) is 10.5. The molecule has 0 fully saturated rings. The number of ether oxygens (including phenoxy) is 1. The molecule has 1 heterocycles. The van der Waals surface area contributed by atoms with Gasteiger partial charge < -0.3 is 9.64 Å². The van der Waals surface area contributed by atoms with Crippen molar-refractivity contribution < 1.29 is 4.74 Å². The lowest BCUT2D eigenvalue weighted by molar-refractivity contribution is 0.477. The summed E-state index contributed by atoms with van der Waals surface area (Å²) in [6.45, 7) is 6.78. The molecule has 0 bridgehead atoms. The van der Waals surface area contributed by atoms with Crippen LogP contribution in [0, 0.1) is 0 Å². The van der Waals surface area contributed by atoms with Crippen LogP contribution in [-0.2, 0) is 6.42 Å².